The van der Waals surface area contributed by atoms with Gasteiger partial charge in [-0.05, 0) is 48.9 Å². The fourth-order valence-electron chi connectivity index (χ4n) is 5.60. The fraction of sp³-hybridized carbons (Fsp3) is 0.478. The van der Waals surface area contributed by atoms with E-state index in [1.165, 1.54) is 6.42 Å². The van der Waals surface area contributed by atoms with Gasteiger partial charge in [0.2, 0.25) is 0 Å². The predicted octanol–water partition coefficient (Wildman–Crippen LogP) is 4.32. The van der Waals surface area contributed by atoms with Gasteiger partial charge in [0.15, 0.2) is 0 Å². The summed E-state index contributed by atoms with van der Waals surface area (Å²) in [6.45, 7) is 7.59. The van der Waals surface area contributed by atoms with Gasteiger partial charge in [-0.2, -0.15) is 0 Å². The SMILES string of the molecule is CC(C)N1CCOC(CC23CC(c4ccccc42)c2ccccc23)C1. The van der Waals surface area contributed by atoms with Gasteiger partial charge in [-0.15, -0.1) is 0 Å². The Hall–Kier alpha value is -1.64. The van der Waals surface area contributed by atoms with E-state index in [1.54, 1.807) is 22.3 Å². The molecule has 2 heteroatoms. The van der Waals surface area contributed by atoms with Crippen molar-refractivity contribution in [3.63, 3.8) is 0 Å². The highest BCUT2D eigenvalue weighted by atomic mass is 16.5. The van der Waals surface area contributed by atoms with Crippen LogP contribution in [-0.2, 0) is 10.2 Å². The molecule has 1 heterocycles. The van der Waals surface area contributed by atoms with Crippen LogP contribution in [0.25, 0.3) is 0 Å². The van der Waals surface area contributed by atoms with Crippen molar-refractivity contribution in [3.8, 4) is 0 Å². The first kappa shape index (κ1) is 15.6. The maximum atomic E-state index is 6.25. The van der Waals surface area contributed by atoms with Gasteiger partial charge in [0.25, 0.3) is 0 Å². The molecule has 0 saturated carbocycles. The molecule has 0 aromatic heterocycles. The number of hydrogen-bond acceptors (Lipinski definition) is 2. The molecule has 1 fully saturated rings. The first-order chi connectivity index (χ1) is 12.2. The second-order valence-electron chi connectivity index (χ2n) is 8.30. The number of fused-ring (bicyclic) bond motifs is 8. The predicted molar refractivity (Wildman–Crippen MR) is 101 cm³/mol. The number of benzene rings is 2. The fourth-order valence-corrected chi connectivity index (χ4v) is 5.60. The number of morpholine rings is 1. The largest absolute Gasteiger partial charge is 0.376 e. The van der Waals surface area contributed by atoms with Gasteiger partial charge in [0.05, 0.1) is 12.7 Å². The molecule has 0 N–H and O–H groups in total. The number of nitrogens with zero attached hydrogens (tertiary/aromatic N) is 1. The Kier molecular flexibility index (Phi) is 3.55. The van der Waals surface area contributed by atoms with Gasteiger partial charge in [-0.25, -0.2) is 0 Å². The van der Waals surface area contributed by atoms with E-state index in [0.717, 1.165) is 26.1 Å². The van der Waals surface area contributed by atoms with Gasteiger partial charge < -0.3 is 4.74 Å². The minimum Gasteiger partial charge on any atom is -0.376 e. The van der Waals surface area contributed by atoms with Crippen molar-refractivity contribution in [2.24, 2.45) is 0 Å². The third-order valence-electron chi connectivity index (χ3n) is 6.73. The topological polar surface area (TPSA) is 12.5 Å². The molecule has 25 heavy (non-hydrogen) atoms. The summed E-state index contributed by atoms with van der Waals surface area (Å²) in [6, 6.07) is 18.9. The van der Waals surface area contributed by atoms with Crippen molar-refractivity contribution in [3.05, 3.63) is 70.8 Å². The molecule has 2 bridgehead atoms. The summed E-state index contributed by atoms with van der Waals surface area (Å²) in [7, 11) is 0. The van der Waals surface area contributed by atoms with Crippen molar-refractivity contribution in [2.75, 3.05) is 19.7 Å². The van der Waals surface area contributed by atoms with E-state index < -0.39 is 0 Å². The molecule has 2 aliphatic carbocycles. The molecular weight excluding hydrogens is 306 g/mol. The van der Waals surface area contributed by atoms with Crippen LogP contribution in [-0.4, -0.2) is 36.7 Å². The second kappa shape index (κ2) is 5.69. The Morgan fingerprint density at radius 2 is 1.68 bits per heavy atom. The first-order valence-corrected chi connectivity index (χ1v) is 9.73. The zero-order chi connectivity index (χ0) is 17.0. The summed E-state index contributed by atoms with van der Waals surface area (Å²) in [5.74, 6) is 0.581. The molecular formula is C23H27NO. The summed E-state index contributed by atoms with van der Waals surface area (Å²) >= 11 is 0. The van der Waals surface area contributed by atoms with E-state index in [0.29, 0.717) is 18.1 Å². The molecule has 130 valence electrons. The highest BCUT2D eigenvalue weighted by molar-refractivity contribution is 5.62. The van der Waals surface area contributed by atoms with Crippen molar-refractivity contribution >= 4 is 0 Å². The molecule has 2 aromatic rings. The lowest BCUT2D eigenvalue weighted by Crippen LogP contribution is -2.47. The average Bonchev–Trinajstić information content (AvgIpc) is 3.14. The van der Waals surface area contributed by atoms with Gasteiger partial charge in [0.1, 0.15) is 0 Å². The highest BCUT2D eigenvalue weighted by Gasteiger charge is 2.53. The lowest BCUT2D eigenvalue weighted by Gasteiger charge is -2.40. The van der Waals surface area contributed by atoms with Crippen molar-refractivity contribution < 1.29 is 4.74 Å². The van der Waals surface area contributed by atoms with Crippen LogP contribution >= 0.6 is 0 Å². The van der Waals surface area contributed by atoms with Crippen molar-refractivity contribution in [2.45, 2.75) is 50.2 Å². The van der Waals surface area contributed by atoms with Crippen LogP contribution in [0.1, 0.15) is 54.9 Å². The standard InChI is InChI=1S/C23H27NO/c1-16(2)24-11-12-25-17(15-24)13-23-14-20(18-7-3-5-9-21(18)23)19-8-4-6-10-22(19)23/h3-10,16-17,20H,11-15H2,1-2H3. The molecule has 0 spiro atoms. The van der Waals surface area contributed by atoms with Crippen molar-refractivity contribution in [1.29, 1.82) is 0 Å². The lowest BCUT2D eigenvalue weighted by molar-refractivity contribution is -0.0488. The Labute approximate surface area is 150 Å². The van der Waals surface area contributed by atoms with E-state index in [4.69, 9.17) is 4.74 Å². The molecule has 1 unspecified atom stereocenters. The zero-order valence-electron chi connectivity index (χ0n) is 15.2. The van der Waals surface area contributed by atoms with Gasteiger partial charge in [-0.1, -0.05) is 48.5 Å². The van der Waals surface area contributed by atoms with Gasteiger partial charge >= 0.3 is 0 Å². The summed E-state index contributed by atoms with van der Waals surface area (Å²) < 4.78 is 6.25. The van der Waals surface area contributed by atoms with E-state index >= 15 is 0 Å². The average molecular weight is 333 g/mol. The molecule has 0 radical (unpaired) electrons. The number of hydrogen-bond donors (Lipinski definition) is 0. The van der Waals surface area contributed by atoms with Crippen molar-refractivity contribution in [1.82, 2.24) is 4.90 Å². The summed E-state index contributed by atoms with van der Waals surface area (Å²) in [5, 5.41) is 0. The number of ether oxygens (including phenoxy) is 1. The molecule has 5 rings (SSSR count). The van der Waals surface area contributed by atoms with Crippen LogP contribution in [0.15, 0.2) is 48.5 Å². The third-order valence-corrected chi connectivity index (χ3v) is 6.73. The smallest absolute Gasteiger partial charge is 0.0714 e. The van der Waals surface area contributed by atoms with Crippen LogP contribution in [0.2, 0.25) is 0 Å². The lowest BCUT2D eigenvalue weighted by atomic mass is 9.71. The molecule has 1 aliphatic heterocycles. The van der Waals surface area contributed by atoms with Crippen LogP contribution in [0.4, 0.5) is 0 Å². The Morgan fingerprint density at radius 3 is 2.32 bits per heavy atom. The van der Waals surface area contributed by atoms with E-state index in [2.05, 4.69) is 67.3 Å². The van der Waals surface area contributed by atoms with Gasteiger partial charge in [-0.3, -0.25) is 4.90 Å². The molecule has 0 amide bonds. The molecule has 2 nitrogen and oxygen atoms in total. The van der Waals surface area contributed by atoms with E-state index in [-0.39, 0.29) is 5.41 Å². The Balaban J connectivity index is 1.54. The number of rotatable bonds is 3. The maximum Gasteiger partial charge on any atom is 0.0714 e. The molecule has 3 aliphatic rings. The van der Waals surface area contributed by atoms with E-state index in [9.17, 15) is 0 Å². The monoisotopic (exact) mass is 333 g/mol. The van der Waals surface area contributed by atoms with Crippen LogP contribution in [0.3, 0.4) is 0 Å². The Bertz CT molecular complexity index is 749. The second-order valence-corrected chi connectivity index (χ2v) is 8.30. The summed E-state index contributed by atoms with van der Waals surface area (Å²) in [6.07, 6.45) is 2.67. The minimum atomic E-state index is 0.155. The summed E-state index contributed by atoms with van der Waals surface area (Å²) in [4.78, 5) is 2.57. The molecule has 1 atom stereocenters. The minimum absolute atomic E-state index is 0.155. The third kappa shape index (κ3) is 2.24. The van der Waals surface area contributed by atoms with Crippen LogP contribution in [0.5, 0.6) is 0 Å². The maximum absolute atomic E-state index is 6.25. The van der Waals surface area contributed by atoms with Gasteiger partial charge in [0, 0.05) is 30.5 Å². The Morgan fingerprint density at radius 1 is 1.04 bits per heavy atom. The van der Waals surface area contributed by atoms with E-state index in [1.807, 2.05) is 0 Å². The first-order valence-electron chi connectivity index (χ1n) is 9.73. The molecule has 2 aromatic carbocycles. The summed E-state index contributed by atoms with van der Waals surface area (Å²) in [5.41, 5.74) is 6.38. The molecule has 1 saturated heterocycles. The normalized spacial score (nSPS) is 30.5. The van der Waals surface area contributed by atoms with Crippen LogP contribution < -0.4 is 0 Å². The van der Waals surface area contributed by atoms with Crippen LogP contribution in [0, 0.1) is 0 Å². The quantitative estimate of drug-likeness (QED) is 0.829. The highest BCUT2D eigenvalue weighted by Crippen LogP contribution is 2.62. The zero-order valence-corrected chi connectivity index (χ0v) is 15.2.